The minimum atomic E-state index is -3.41. The molecule has 0 unspecified atom stereocenters. The van der Waals surface area contributed by atoms with Gasteiger partial charge in [0.15, 0.2) is 26.4 Å². The molecule has 162 valence electrons. The molecule has 9 heteroatoms. The second-order valence-electron chi connectivity index (χ2n) is 6.66. The number of hydrogen-bond donors (Lipinski definition) is 1. The molecule has 1 amide bonds. The van der Waals surface area contributed by atoms with Crippen molar-refractivity contribution < 1.29 is 22.7 Å². The molecule has 8 nitrogen and oxygen atoms in total. The fourth-order valence-electron chi connectivity index (χ4n) is 2.93. The fraction of sp³-hybridized carbons (Fsp3) is 0.227. The summed E-state index contributed by atoms with van der Waals surface area (Å²) in [5.74, 6) is 0.919. The Morgan fingerprint density at radius 1 is 0.968 bits per heavy atom. The van der Waals surface area contributed by atoms with Crippen molar-refractivity contribution in [3.05, 3.63) is 60.2 Å². The van der Waals surface area contributed by atoms with Crippen molar-refractivity contribution in [2.45, 2.75) is 18.4 Å². The van der Waals surface area contributed by atoms with Crippen LogP contribution >= 0.6 is 0 Å². The smallest absolute Gasteiger partial charge is 0.228 e. The molecule has 0 spiro atoms. The molecule has 0 saturated heterocycles. The van der Waals surface area contributed by atoms with Crippen LogP contribution in [0.15, 0.2) is 59.6 Å². The van der Waals surface area contributed by atoms with E-state index in [0.29, 0.717) is 28.4 Å². The van der Waals surface area contributed by atoms with E-state index in [1.807, 2.05) is 6.07 Å². The predicted molar refractivity (Wildman–Crippen MR) is 117 cm³/mol. The molecule has 3 aromatic rings. The van der Waals surface area contributed by atoms with Gasteiger partial charge in [0.1, 0.15) is 0 Å². The van der Waals surface area contributed by atoms with Gasteiger partial charge in [0.05, 0.1) is 32.1 Å². The number of nitrogens with zero attached hydrogens (tertiary/aromatic N) is 2. The molecule has 0 aliphatic heterocycles. The second-order valence-corrected chi connectivity index (χ2v) is 8.88. The number of nitrogens with one attached hydrogen (secondary N) is 1. The van der Waals surface area contributed by atoms with E-state index in [-0.39, 0.29) is 23.1 Å². The van der Waals surface area contributed by atoms with E-state index in [1.54, 1.807) is 63.6 Å². The summed E-state index contributed by atoms with van der Waals surface area (Å²) in [6, 6.07) is 15.5. The molecule has 1 aromatic heterocycles. The molecular formula is C22H23N3O5S. The zero-order valence-electron chi connectivity index (χ0n) is 17.5. The average molecular weight is 442 g/mol. The quantitative estimate of drug-likeness (QED) is 0.572. The van der Waals surface area contributed by atoms with Crippen LogP contribution in [0.4, 0.5) is 5.69 Å². The van der Waals surface area contributed by atoms with Crippen molar-refractivity contribution in [1.29, 1.82) is 0 Å². The lowest BCUT2D eigenvalue weighted by Crippen LogP contribution is -2.14. The lowest BCUT2D eigenvalue weighted by atomic mass is 10.1. The Hall–Kier alpha value is -3.46. The van der Waals surface area contributed by atoms with Crippen molar-refractivity contribution in [2.24, 2.45) is 0 Å². The Kier molecular flexibility index (Phi) is 6.86. The van der Waals surface area contributed by atoms with Crippen molar-refractivity contribution >= 4 is 21.4 Å². The summed E-state index contributed by atoms with van der Waals surface area (Å²) >= 11 is 0. The highest BCUT2D eigenvalue weighted by molar-refractivity contribution is 7.91. The molecule has 0 aliphatic rings. The molecule has 0 bridgehead atoms. The maximum absolute atomic E-state index is 12.5. The number of methoxy groups -OCH3 is 2. The Labute approximate surface area is 181 Å². The molecule has 0 aliphatic carbocycles. The fourth-order valence-corrected chi connectivity index (χ4v) is 3.66. The van der Waals surface area contributed by atoms with Crippen LogP contribution in [-0.4, -0.2) is 44.5 Å². The highest BCUT2D eigenvalue weighted by Gasteiger charge is 2.14. The third-order valence-corrected chi connectivity index (χ3v) is 6.21. The van der Waals surface area contributed by atoms with Crippen LogP contribution in [0.3, 0.4) is 0 Å². The molecule has 0 saturated carbocycles. The highest BCUT2D eigenvalue weighted by atomic mass is 32.2. The monoisotopic (exact) mass is 441 g/mol. The molecule has 0 atom stereocenters. The number of aromatic nitrogens is 2. The van der Waals surface area contributed by atoms with E-state index in [4.69, 9.17) is 9.47 Å². The van der Waals surface area contributed by atoms with E-state index >= 15 is 0 Å². The molecule has 1 N–H and O–H groups in total. The Bertz CT molecular complexity index is 1180. The van der Waals surface area contributed by atoms with Crippen molar-refractivity contribution in [3.63, 3.8) is 0 Å². The van der Waals surface area contributed by atoms with E-state index < -0.39 is 9.84 Å². The summed E-state index contributed by atoms with van der Waals surface area (Å²) in [6.45, 7) is 1.55. The lowest BCUT2D eigenvalue weighted by molar-refractivity contribution is -0.115. The van der Waals surface area contributed by atoms with Crippen LogP contribution in [0.1, 0.15) is 12.5 Å². The Balaban J connectivity index is 1.73. The summed E-state index contributed by atoms with van der Waals surface area (Å²) in [7, 11) is -0.313. The van der Waals surface area contributed by atoms with Crippen LogP contribution in [0, 0.1) is 0 Å². The van der Waals surface area contributed by atoms with Crippen LogP contribution in [0.5, 0.6) is 11.5 Å². The number of benzene rings is 2. The first-order chi connectivity index (χ1) is 14.9. The van der Waals surface area contributed by atoms with Crippen LogP contribution < -0.4 is 14.8 Å². The lowest BCUT2D eigenvalue weighted by Gasteiger charge is -2.10. The number of sulfone groups is 1. The molecule has 31 heavy (non-hydrogen) atoms. The average Bonchev–Trinajstić information content (AvgIpc) is 2.79. The van der Waals surface area contributed by atoms with Gasteiger partial charge >= 0.3 is 0 Å². The third-order valence-electron chi connectivity index (χ3n) is 4.59. The Morgan fingerprint density at radius 3 is 2.39 bits per heavy atom. The second kappa shape index (κ2) is 9.57. The van der Waals surface area contributed by atoms with Crippen molar-refractivity contribution in [1.82, 2.24) is 10.2 Å². The molecule has 2 aromatic carbocycles. The standard InChI is InChI=1S/C22H23N3O5S/c1-4-31(27,28)22-11-9-18(24-25-22)16-6-5-7-17(14-16)23-21(26)13-15-8-10-19(29-2)20(12-15)30-3/h5-12,14H,4,13H2,1-3H3,(H,23,26). The number of rotatable bonds is 8. The first kappa shape index (κ1) is 22.2. The number of carbonyl (C=O) groups is 1. The van der Waals surface area contributed by atoms with E-state index in [9.17, 15) is 13.2 Å². The number of ether oxygens (including phenoxy) is 2. The molecule has 1 heterocycles. The van der Waals surface area contributed by atoms with Gasteiger partial charge in [-0.2, -0.15) is 0 Å². The molecular weight excluding hydrogens is 418 g/mol. The van der Waals surface area contributed by atoms with Gasteiger partial charge in [0.25, 0.3) is 0 Å². The van der Waals surface area contributed by atoms with Gasteiger partial charge in [-0.1, -0.05) is 25.1 Å². The minimum absolute atomic E-state index is 0.0391. The first-order valence-corrected chi connectivity index (χ1v) is 11.2. The zero-order valence-corrected chi connectivity index (χ0v) is 18.3. The summed E-state index contributed by atoms with van der Waals surface area (Å²) in [5, 5.41) is 10.6. The third kappa shape index (κ3) is 5.37. The van der Waals surface area contributed by atoms with Gasteiger partial charge in [-0.25, -0.2) is 8.42 Å². The number of hydrogen-bond acceptors (Lipinski definition) is 7. The van der Waals surface area contributed by atoms with Gasteiger partial charge < -0.3 is 14.8 Å². The molecule has 0 radical (unpaired) electrons. The summed E-state index contributed by atoms with van der Waals surface area (Å²) in [4.78, 5) is 12.5. The van der Waals surface area contributed by atoms with Gasteiger partial charge in [-0.05, 0) is 42.0 Å². The van der Waals surface area contributed by atoms with Gasteiger partial charge in [0.2, 0.25) is 5.91 Å². The normalized spacial score (nSPS) is 11.1. The number of anilines is 1. The number of amides is 1. The van der Waals surface area contributed by atoms with Gasteiger partial charge in [-0.15, -0.1) is 10.2 Å². The maximum Gasteiger partial charge on any atom is 0.228 e. The zero-order chi connectivity index (χ0) is 22.4. The largest absolute Gasteiger partial charge is 0.493 e. The van der Waals surface area contributed by atoms with Crippen molar-refractivity contribution in [3.8, 4) is 22.8 Å². The summed E-state index contributed by atoms with van der Waals surface area (Å²) in [5.41, 5.74) is 2.59. The van der Waals surface area contributed by atoms with Crippen LogP contribution in [0.2, 0.25) is 0 Å². The highest BCUT2D eigenvalue weighted by Crippen LogP contribution is 2.28. The van der Waals surface area contributed by atoms with Gasteiger partial charge in [-0.3, -0.25) is 4.79 Å². The maximum atomic E-state index is 12.5. The predicted octanol–water partition coefficient (Wildman–Crippen LogP) is 3.14. The Morgan fingerprint density at radius 2 is 1.74 bits per heavy atom. The molecule has 0 fully saturated rings. The van der Waals surface area contributed by atoms with E-state index in [2.05, 4.69) is 15.5 Å². The van der Waals surface area contributed by atoms with E-state index in [1.165, 1.54) is 6.07 Å². The molecule has 3 rings (SSSR count). The van der Waals surface area contributed by atoms with Crippen molar-refractivity contribution in [2.75, 3.05) is 25.3 Å². The van der Waals surface area contributed by atoms with E-state index in [0.717, 1.165) is 5.56 Å². The number of carbonyl (C=O) groups excluding carboxylic acids is 1. The minimum Gasteiger partial charge on any atom is -0.493 e. The topological polar surface area (TPSA) is 107 Å². The summed E-state index contributed by atoms with van der Waals surface area (Å²) in [6.07, 6.45) is 0.161. The SMILES string of the molecule is CCS(=O)(=O)c1ccc(-c2cccc(NC(=O)Cc3ccc(OC)c(OC)c3)c2)nn1. The van der Waals surface area contributed by atoms with Gasteiger partial charge in [0, 0.05) is 11.3 Å². The van der Waals surface area contributed by atoms with Crippen LogP contribution in [0.25, 0.3) is 11.3 Å². The first-order valence-electron chi connectivity index (χ1n) is 9.54. The van der Waals surface area contributed by atoms with Crippen LogP contribution in [-0.2, 0) is 21.1 Å². The summed E-state index contributed by atoms with van der Waals surface area (Å²) < 4.78 is 34.3.